The van der Waals surface area contributed by atoms with Crippen LogP contribution in [0.1, 0.15) is 23.8 Å². The molecule has 162 valence electrons. The van der Waals surface area contributed by atoms with Gasteiger partial charge in [-0.05, 0) is 38.2 Å². The summed E-state index contributed by atoms with van der Waals surface area (Å²) in [6, 6.07) is 4.62. The molecule has 31 heavy (non-hydrogen) atoms. The first-order valence-corrected chi connectivity index (χ1v) is 10.8. The molecular weight excluding hydrogens is 444 g/mol. The Morgan fingerprint density at radius 3 is 2.87 bits per heavy atom. The molecule has 1 fully saturated rings. The first kappa shape index (κ1) is 20.4. The average Bonchev–Trinajstić information content (AvgIpc) is 3.43. The summed E-state index contributed by atoms with van der Waals surface area (Å²) in [6.45, 7) is 3.55. The predicted octanol–water partition coefficient (Wildman–Crippen LogP) is 3.82. The molecule has 1 saturated heterocycles. The molecule has 2 aromatic heterocycles. The van der Waals surface area contributed by atoms with Crippen molar-refractivity contribution in [2.45, 2.75) is 18.9 Å². The van der Waals surface area contributed by atoms with Crippen LogP contribution < -0.4 is 10.2 Å². The first-order valence-electron chi connectivity index (χ1n) is 10.0. The molecule has 2 aliphatic rings. The highest BCUT2D eigenvalue weighted by molar-refractivity contribution is 6.36. The third-order valence-corrected chi connectivity index (χ3v) is 6.44. The molecule has 1 unspecified atom stereocenters. The number of aromatic nitrogens is 4. The summed E-state index contributed by atoms with van der Waals surface area (Å²) in [6.07, 6.45) is 0.987. The molecule has 8 nitrogen and oxygen atoms in total. The van der Waals surface area contributed by atoms with Crippen LogP contribution >= 0.6 is 23.2 Å². The molecule has 11 heteroatoms. The number of hydrogen-bond donors (Lipinski definition) is 1. The largest absolute Gasteiger partial charge is 0.419 e. The molecule has 5 rings (SSSR count). The monoisotopic (exact) mass is 463 g/mol. The zero-order valence-corrected chi connectivity index (χ0v) is 18.3. The molecule has 1 N–H and O–H groups in total. The summed E-state index contributed by atoms with van der Waals surface area (Å²) in [5, 5.41) is 20.6. The Bertz CT molecular complexity index is 1120. The van der Waals surface area contributed by atoms with E-state index >= 15 is 0 Å². The third kappa shape index (κ3) is 3.93. The molecule has 0 saturated carbocycles. The summed E-state index contributed by atoms with van der Waals surface area (Å²) >= 11 is 12.5. The van der Waals surface area contributed by atoms with Gasteiger partial charge in [-0.15, -0.1) is 20.4 Å². The van der Waals surface area contributed by atoms with Gasteiger partial charge in [0.15, 0.2) is 11.5 Å². The lowest BCUT2D eigenvalue weighted by Gasteiger charge is -2.31. The van der Waals surface area contributed by atoms with Gasteiger partial charge in [0.25, 0.3) is 5.89 Å². The van der Waals surface area contributed by atoms with Crippen LogP contribution in [0, 0.1) is 5.82 Å². The number of hydrogen-bond acceptors (Lipinski definition) is 8. The van der Waals surface area contributed by atoms with Gasteiger partial charge in [-0.25, -0.2) is 4.39 Å². The maximum Gasteiger partial charge on any atom is 0.268 e. The van der Waals surface area contributed by atoms with E-state index in [-0.39, 0.29) is 10.9 Å². The lowest BCUT2D eigenvalue weighted by atomic mass is 10.1. The molecule has 1 atom stereocenters. The van der Waals surface area contributed by atoms with Crippen LogP contribution in [0.5, 0.6) is 0 Å². The Labute approximate surface area is 188 Å². The number of nitrogens with one attached hydrogen (secondary N) is 1. The quantitative estimate of drug-likeness (QED) is 0.584. The zero-order chi connectivity index (χ0) is 21.5. The van der Waals surface area contributed by atoms with Crippen molar-refractivity contribution in [1.82, 2.24) is 25.3 Å². The Kier molecular flexibility index (Phi) is 5.41. The molecule has 0 amide bonds. The lowest BCUT2D eigenvalue weighted by molar-refractivity contribution is 0.393. The number of anilines is 2. The molecule has 0 aliphatic carbocycles. The fourth-order valence-corrected chi connectivity index (χ4v) is 4.48. The second kappa shape index (κ2) is 8.22. The summed E-state index contributed by atoms with van der Waals surface area (Å²) in [5.41, 5.74) is 1.79. The maximum atomic E-state index is 14.0. The zero-order valence-electron chi connectivity index (χ0n) is 16.8. The van der Waals surface area contributed by atoms with Crippen molar-refractivity contribution in [2.75, 3.05) is 43.4 Å². The molecule has 3 aromatic rings. The van der Waals surface area contributed by atoms with E-state index in [9.17, 15) is 4.39 Å². The number of nitrogens with zero attached hydrogens (tertiary/aromatic N) is 6. The SMILES string of the molecule is CN1CCC(c2nnc(-c3cc4c(nn3)NCCN4Cc3c(Cl)ccc(F)c3Cl)o2)C1. The number of rotatable bonds is 4. The average molecular weight is 464 g/mol. The van der Waals surface area contributed by atoms with Gasteiger partial charge < -0.3 is 19.5 Å². The van der Waals surface area contributed by atoms with Gasteiger partial charge in [0.1, 0.15) is 5.82 Å². The number of halogens is 3. The van der Waals surface area contributed by atoms with E-state index in [1.807, 2.05) is 11.0 Å². The second-order valence-electron chi connectivity index (χ2n) is 7.83. The van der Waals surface area contributed by atoms with Crippen molar-refractivity contribution in [3.05, 3.63) is 45.5 Å². The fourth-order valence-electron chi connectivity index (χ4n) is 3.99. The Balaban J connectivity index is 1.44. The minimum Gasteiger partial charge on any atom is -0.419 e. The molecule has 2 aliphatic heterocycles. The van der Waals surface area contributed by atoms with E-state index in [4.69, 9.17) is 27.6 Å². The number of likely N-dealkylation sites (tertiary alicyclic amines) is 1. The molecule has 0 radical (unpaired) electrons. The highest BCUT2D eigenvalue weighted by Gasteiger charge is 2.28. The van der Waals surface area contributed by atoms with Crippen LogP contribution in [0.25, 0.3) is 11.6 Å². The van der Waals surface area contributed by atoms with Gasteiger partial charge in [0.05, 0.1) is 16.6 Å². The van der Waals surface area contributed by atoms with Crippen molar-refractivity contribution in [2.24, 2.45) is 0 Å². The highest BCUT2D eigenvalue weighted by atomic mass is 35.5. The second-order valence-corrected chi connectivity index (χ2v) is 8.61. The van der Waals surface area contributed by atoms with Crippen LogP contribution in [0.15, 0.2) is 22.6 Å². The Morgan fingerprint density at radius 2 is 2.06 bits per heavy atom. The van der Waals surface area contributed by atoms with Crippen LogP contribution in [0.4, 0.5) is 15.9 Å². The summed E-state index contributed by atoms with van der Waals surface area (Å²) in [4.78, 5) is 4.26. The molecule has 4 heterocycles. The van der Waals surface area contributed by atoms with Gasteiger partial charge >= 0.3 is 0 Å². The van der Waals surface area contributed by atoms with Crippen molar-refractivity contribution >= 4 is 34.7 Å². The molecule has 0 bridgehead atoms. The number of benzene rings is 1. The molecule has 1 aromatic carbocycles. The molecule has 0 spiro atoms. The van der Waals surface area contributed by atoms with Gasteiger partial charge in [0.2, 0.25) is 5.89 Å². The van der Waals surface area contributed by atoms with Crippen molar-refractivity contribution in [3.8, 4) is 11.6 Å². The maximum absolute atomic E-state index is 14.0. The van der Waals surface area contributed by atoms with Gasteiger partial charge in [-0.3, -0.25) is 0 Å². The lowest BCUT2D eigenvalue weighted by Crippen LogP contribution is -2.34. The van der Waals surface area contributed by atoms with Crippen molar-refractivity contribution in [1.29, 1.82) is 0 Å². The van der Waals surface area contributed by atoms with Gasteiger partial charge in [0, 0.05) is 36.8 Å². The summed E-state index contributed by atoms with van der Waals surface area (Å²) in [5.74, 6) is 1.29. The summed E-state index contributed by atoms with van der Waals surface area (Å²) in [7, 11) is 2.07. The normalized spacial score (nSPS) is 18.8. The van der Waals surface area contributed by atoms with E-state index in [0.29, 0.717) is 53.5 Å². The Hall–Kier alpha value is -2.49. The van der Waals surface area contributed by atoms with E-state index in [1.165, 1.54) is 12.1 Å². The smallest absolute Gasteiger partial charge is 0.268 e. The van der Waals surface area contributed by atoms with E-state index in [0.717, 1.165) is 25.2 Å². The van der Waals surface area contributed by atoms with Crippen LogP contribution in [0.2, 0.25) is 10.0 Å². The van der Waals surface area contributed by atoms with Crippen LogP contribution in [-0.2, 0) is 6.54 Å². The van der Waals surface area contributed by atoms with Gasteiger partial charge in [-0.1, -0.05) is 23.2 Å². The van der Waals surface area contributed by atoms with E-state index in [2.05, 4.69) is 37.7 Å². The predicted molar refractivity (Wildman–Crippen MR) is 116 cm³/mol. The highest BCUT2D eigenvalue weighted by Crippen LogP contribution is 2.35. The van der Waals surface area contributed by atoms with Gasteiger partial charge in [-0.2, -0.15) is 0 Å². The minimum atomic E-state index is -0.499. The number of likely N-dealkylation sites (N-methyl/N-ethyl adjacent to an activating group) is 1. The number of fused-ring (bicyclic) bond motifs is 1. The topological polar surface area (TPSA) is 83.2 Å². The standard InChI is InChI=1S/C20H20Cl2FN7O/c1-29-6-4-11(9-29)19-27-28-20(31-19)15-8-16-18(26-25-15)24-5-7-30(16)10-12-13(21)2-3-14(23)17(12)22/h2-3,8,11H,4-7,9-10H2,1H3,(H,24,26). The fraction of sp³-hybridized carbons (Fsp3) is 0.400. The molecular formula is C20H20Cl2FN7O. The van der Waals surface area contributed by atoms with E-state index in [1.54, 1.807) is 0 Å². The Morgan fingerprint density at radius 1 is 1.19 bits per heavy atom. The minimum absolute atomic E-state index is 0.0258. The first-order chi connectivity index (χ1) is 15.0. The summed E-state index contributed by atoms with van der Waals surface area (Å²) < 4.78 is 19.9. The van der Waals surface area contributed by atoms with Crippen molar-refractivity contribution < 1.29 is 8.81 Å². The third-order valence-electron chi connectivity index (χ3n) is 5.68. The van der Waals surface area contributed by atoms with E-state index < -0.39 is 5.82 Å². The van der Waals surface area contributed by atoms with Crippen LogP contribution in [-0.4, -0.2) is 58.5 Å². The van der Waals surface area contributed by atoms with Crippen molar-refractivity contribution in [3.63, 3.8) is 0 Å². The van der Waals surface area contributed by atoms with Crippen LogP contribution in [0.3, 0.4) is 0 Å².